The van der Waals surface area contributed by atoms with E-state index in [9.17, 15) is 4.79 Å². The van der Waals surface area contributed by atoms with E-state index in [-0.39, 0.29) is 6.03 Å². The van der Waals surface area contributed by atoms with E-state index in [1.54, 1.807) is 0 Å². The Morgan fingerprint density at radius 2 is 1.77 bits per heavy atom. The average Bonchev–Trinajstić information content (AvgIpc) is 2.65. The number of anilines is 1. The van der Waals surface area contributed by atoms with Gasteiger partial charge in [0.1, 0.15) is 0 Å². The highest BCUT2D eigenvalue weighted by molar-refractivity contribution is 6.30. The summed E-state index contributed by atoms with van der Waals surface area (Å²) < 4.78 is 0. The Labute approximate surface area is 160 Å². The van der Waals surface area contributed by atoms with Crippen LogP contribution in [0.1, 0.15) is 23.6 Å². The van der Waals surface area contributed by atoms with Gasteiger partial charge in [-0.25, -0.2) is 4.79 Å². The molecule has 1 heterocycles. The summed E-state index contributed by atoms with van der Waals surface area (Å²) in [5.41, 5.74) is 4.50. The number of hydrogen-bond acceptors (Lipinski definition) is 2. The van der Waals surface area contributed by atoms with Crippen LogP contribution in [-0.4, -0.2) is 42.0 Å². The van der Waals surface area contributed by atoms with E-state index in [0.29, 0.717) is 0 Å². The molecule has 1 N–H and O–H groups in total. The molecule has 138 valence electrons. The number of carbonyl (C=O) groups excluding carboxylic acids is 1. The molecule has 1 aliphatic heterocycles. The van der Waals surface area contributed by atoms with Gasteiger partial charge in [0.15, 0.2) is 0 Å². The van der Waals surface area contributed by atoms with E-state index in [0.717, 1.165) is 55.4 Å². The van der Waals surface area contributed by atoms with Gasteiger partial charge in [-0.2, -0.15) is 0 Å². The fourth-order valence-corrected chi connectivity index (χ4v) is 3.47. The molecule has 5 heteroatoms. The van der Waals surface area contributed by atoms with E-state index in [4.69, 9.17) is 11.6 Å². The minimum Gasteiger partial charge on any atom is -0.322 e. The standard InChI is InChI=1S/C21H26ClN3O/c1-3-18-6-4-5-16(2)20(18)23-21(26)25-13-11-24(12-14-25)15-17-7-9-19(22)10-8-17/h4-10H,3,11-15H2,1-2H3,(H,23,26). The normalized spacial score (nSPS) is 15.1. The molecule has 2 amide bonds. The Balaban J connectivity index is 1.55. The van der Waals surface area contributed by atoms with Gasteiger partial charge in [0.2, 0.25) is 0 Å². The van der Waals surface area contributed by atoms with Crippen molar-refractivity contribution >= 4 is 23.3 Å². The van der Waals surface area contributed by atoms with Crippen LogP contribution in [0.3, 0.4) is 0 Å². The quantitative estimate of drug-likeness (QED) is 0.855. The summed E-state index contributed by atoms with van der Waals surface area (Å²) in [5, 5.41) is 3.89. The van der Waals surface area contributed by atoms with Crippen molar-refractivity contribution in [1.29, 1.82) is 0 Å². The van der Waals surface area contributed by atoms with Gasteiger partial charge in [-0.05, 0) is 42.2 Å². The zero-order valence-corrected chi connectivity index (χ0v) is 16.2. The first-order valence-corrected chi connectivity index (χ1v) is 9.56. The first kappa shape index (κ1) is 18.7. The van der Waals surface area contributed by atoms with Gasteiger partial charge in [-0.15, -0.1) is 0 Å². The van der Waals surface area contributed by atoms with Gasteiger partial charge in [0, 0.05) is 43.4 Å². The number of aryl methyl sites for hydroxylation is 2. The highest BCUT2D eigenvalue weighted by Gasteiger charge is 2.22. The maximum absolute atomic E-state index is 12.7. The van der Waals surface area contributed by atoms with Crippen LogP contribution in [0.2, 0.25) is 5.02 Å². The van der Waals surface area contributed by atoms with Gasteiger partial charge >= 0.3 is 6.03 Å². The highest BCUT2D eigenvalue weighted by Crippen LogP contribution is 2.22. The molecule has 3 rings (SSSR count). The minimum absolute atomic E-state index is 0.000132. The first-order valence-electron chi connectivity index (χ1n) is 9.18. The molecule has 1 aliphatic rings. The maximum atomic E-state index is 12.7. The number of carbonyl (C=O) groups is 1. The summed E-state index contributed by atoms with van der Waals surface area (Å²) in [6.45, 7) is 8.29. The molecule has 0 bridgehead atoms. The lowest BCUT2D eigenvalue weighted by Crippen LogP contribution is -2.49. The molecule has 1 fully saturated rings. The summed E-state index contributed by atoms with van der Waals surface area (Å²) in [6, 6.07) is 14.1. The van der Waals surface area contributed by atoms with Crippen molar-refractivity contribution in [2.24, 2.45) is 0 Å². The number of urea groups is 1. The summed E-state index contributed by atoms with van der Waals surface area (Å²) in [6.07, 6.45) is 0.909. The van der Waals surface area contributed by atoms with Crippen LogP contribution in [0.15, 0.2) is 42.5 Å². The van der Waals surface area contributed by atoms with Crippen LogP contribution < -0.4 is 5.32 Å². The monoisotopic (exact) mass is 371 g/mol. The van der Waals surface area contributed by atoms with Gasteiger partial charge in [-0.3, -0.25) is 4.90 Å². The van der Waals surface area contributed by atoms with Crippen molar-refractivity contribution in [1.82, 2.24) is 9.80 Å². The smallest absolute Gasteiger partial charge is 0.321 e. The predicted octanol–water partition coefficient (Wildman–Crippen LogP) is 4.56. The number of nitrogens with one attached hydrogen (secondary N) is 1. The third-order valence-electron chi connectivity index (χ3n) is 4.95. The molecular weight excluding hydrogens is 346 g/mol. The summed E-state index contributed by atoms with van der Waals surface area (Å²) in [5.74, 6) is 0. The van der Waals surface area contributed by atoms with Gasteiger partial charge in [0.05, 0.1) is 0 Å². The molecule has 0 atom stereocenters. The Kier molecular flexibility index (Phi) is 6.17. The number of amides is 2. The van der Waals surface area contributed by atoms with Crippen LogP contribution in [0.25, 0.3) is 0 Å². The van der Waals surface area contributed by atoms with Crippen molar-refractivity contribution in [2.75, 3.05) is 31.5 Å². The van der Waals surface area contributed by atoms with Crippen LogP contribution in [0.4, 0.5) is 10.5 Å². The van der Waals surface area contributed by atoms with Crippen LogP contribution in [-0.2, 0) is 13.0 Å². The number of rotatable bonds is 4. The van der Waals surface area contributed by atoms with Crippen molar-refractivity contribution in [3.8, 4) is 0 Å². The molecule has 2 aromatic carbocycles. The average molecular weight is 372 g/mol. The first-order chi connectivity index (χ1) is 12.6. The predicted molar refractivity (Wildman–Crippen MR) is 108 cm³/mol. The van der Waals surface area contributed by atoms with E-state index >= 15 is 0 Å². The zero-order chi connectivity index (χ0) is 18.5. The lowest BCUT2D eigenvalue weighted by molar-refractivity contribution is 0.143. The Hall–Kier alpha value is -2.04. The number of halogens is 1. The second-order valence-corrected chi connectivity index (χ2v) is 7.22. The van der Waals surface area contributed by atoms with Crippen LogP contribution in [0.5, 0.6) is 0 Å². The van der Waals surface area contributed by atoms with E-state index in [1.165, 1.54) is 11.1 Å². The molecule has 4 nitrogen and oxygen atoms in total. The number of nitrogens with zero attached hydrogens (tertiary/aromatic N) is 2. The molecular formula is C21H26ClN3O. The van der Waals surface area contributed by atoms with Gasteiger partial charge < -0.3 is 10.2 Å². The van der Waals surface area contributed by atoms with Crippen LogP contribution >= 0.6 is 11.6 Å². The van der Waals surface area contributed by atoms with Gasteiger partial charge in [0.25, 0.3) is 0 Å². The second kappa shape index (κ2) is 8.56. The zero-order valence-electron chi connectivity index (χ0n) is 15.5. The van der Waals surface area contributed by atoms with E-state index in [1.807, 2.05) is 36.1 Å². The molecule has 0 unspecified atom stereocenters. The maximum Gasteiger partial charge on any atom is 0.321 e. The number of benzene rings is 2. The number of piperazine rings is 1. The topological polar surface area (TPSA) is 35.6 Å². The second-order valence-electron chi connectivity index (χ2n) is 6.78. The summed E-state index contributed by atoms with van der Waals surface area (Å²) >= 11 is 5.94. The molecule has 1 saturated heterocycles. The van der Waals surface area contributed by atoms with E-state index in [2.05, 4.69) is 35.3 Å². The Morgan fingerprint density at radius 1 is 1.08 bits per heavy atom. The SMILES string of the molecule is CCc1cccc(C)c1NC(=O)N1CCN(Cc2ccc(Cl)cc2)CC1. The third-order valence-corrected chi connectivity index (χ3v) is 5.20. The fraction of sp³-hybridized carbons (Fsp3) is 0.381. The Bertz CT molecular complexity index is 752. The molecule has 0 saturated carbocycles. The van der Waals surface area contributed by atoms with Crippen molar-refractivity contribution in [3.63, 3.8) is 0 Å². The van der Waals surface area contributed by atoms with Crippen molar-refractivity contribution in [2.45, 2.75) is 26.8 Å². The highest BCUT2D eigenvalue weighted by atomic mass is 35.5. The lowest BCUT2D eigenvalue weighted by atomic mass is 10.1. The lowest BCUT2D eigenvalue weighted by Gasteiger charge is -2.35. The molecule has 0 aliphatic carbocycles. The molecule has 0 spiro atoms. The summed E-state index contributed by atoms with van der Waals surface area (Å²) in [7, 11) is 0. The Morgan fingerprint density at radius 3 is 2.42 bits per heavy atom. The van der Waals surface area contributed by atoms with Crippen molar-refractivity contribution < 1.29 is 4.79 Å². The number of para-hydroxylation sites is 1. The fourth-order valence-electron chi connectivity index (χ4n) is 3.35. The van der Waals surface area contributed by atoms with Crippen molar-refractivity contribution in [3.05, 3.63) is 64.2 Å². The molecule has 26 heavy (non-hydrogen) atoms. The minimum atomic E-state index is 0.000132. The molecule has 2 aromatic rings. The largest absolute Gasteiger partial charge is 0.322 e. The molecule has 0 radical (unpaired) electrons. The third kappa shape index (κ3) is 4.57. The molecule has 0 aromatic heterocycles. The van der Waals surface area contributed by atoms with Gasteiger partial charge in [-0.1, -0.05) is 48.9 Å². The summed E-state index contributed by atoms with van der Waals surface area (Å²) in [4.78, 5) is 17.0. The van der Waals surface area contributed by atoms with E-state index < -0.39 is 0 Å². The number of hydrogen-bond donors (Lipinski definition) is 1. The van der Waals surface area contributed by atoms with Crippen LogP contribution in [0, 0.1) is 6.92 Å².